The molecule has 0 amide bonds. The number of aromatic nitrogens is 5. The molecule has 5 aromatic rings. The molecule has 3 aromatic heterocycles. The molecule has 0 spiro atoms. The second kappa shape index (κ2) is 8.26. The van der Waals surface area contributed by atoms with Crippen molar-refractivity contribution in [2.45, 2.75) is 33.2 Å². The maximum atomic E-state index is 13.2. The van der Waals surface area contributed by atoms with Gasteiger partial charge < -0.3 is 9.09 Å². The number of para-hydroxylation sites is 1. The Morgan fingerprint density at radius 3 is 2.41 bits per heavy atom. The molecule has 0 aliphatic carbocycles. The number of benzene rings is 2. The highest BCUT2D eigenvalue weighted by atomic mass is 16.5. The van der Waals surface area contributed by atoms with Gasteiger partial charge in [0.25, 0.3) is 5.56 Å². The number of aryl methyl sites for hydroxylation is 3. The van der Waals surface area contributed by atoms with Crippen molar-refractivity contribution in [3.63, 3.8) is 0 Å². The van der Waals surface area contributed by atoms with Crippen LogP contribution in [0.15, 0.2) is 76.2 Å². The van der Waals surface area contributed by atoms with Crippen LogP contribution in [0.25, 0.3) is 27.8 Å². The van der Waals surface area contributed by atoms with Crippen molar-refractivity contribution >= 4 is 10.8 Å². The molecule has 3 heterocycles. The molecule has 7 heteroatoms. The van der Waals surface area contributed by atoms with E-state index in [1.807, 2.05) is 74.5 Å². The van der Waals surface area contributed by atoms with Crippen molar-refractivity contribution in [3.05, 3.63) is 94.5 Å². The molecule has 0 unspecified atom stereocenters. The van der Waals surface area contributed by atoms with Crippen LogP contribution in [0, 0.1) is 13.8 Å². The molecule has 7 nitrogen and oxygen atoms in total. The number of nitrogens with zero attached hydrogens (tertiary/aromatic N) is 5. The molecule has 0 bridgehead atoms. The van der Waals surface area contributed by atoms with Crippen LogP contribution in [0.4, 0.5) is 0 Å². The molecule has 0 N–H and O–H groups in total. The molecule has 2 aromatic carbocycles. The van der Waals surface area contributed by atoms with Crippen molar-refractivity contribution in [3.8, 4) is 17.1 Å². The summed E-state index contributed by atoms with van der Waals surface area (Å²) in [6.45, 7) is 4.77. The lowest BCUT2D eigenvalue weighted by Crippen LogP contribution is -2.21. The standard InChI is InChI=1S/C25H23N5O2/c1-17-21-16-26-30(20-12-7-4-8-13-20)25(31)23(21)18(2)29(17)15-9-14-22-27-24(28-32-22)19-10-5-3-6-11-19/h3-8,10-13,16H,9,14-15H2,1-2H3. The minimum absolute atomic E-state index is 0.0996. The van der Waals surface area contributed by atoms with Crippen molar-refractivity contribution in [1.82, 2.24) is 24.5 Å². The first-order valence-corrected chi connectivity index (χ1v) is 10.6. The van der Waals surface area contributed by atoms with E-state index in [4.69, 9.17) is 4.52 Å². The van der Waals surface area contributed by atoms with E-state index in [0.29, 0.717) is 23.5 Å². The highest BCUT2D eigenvalue weighted by Crippen LogP contribution is 2.23. The molecule has 5 rings (SSSR count). The fourth-order valence-corrected chi connectivity index (χ4v) is 4.15. The van der Waals surface area contributed by atoms with Gasteiger partial charge in [-0.05, 0) is 32.4 Å². The van der Waals surface area contributed by atoms with E-state index in [2.05, 4.69) is 19.8 Å². The van der Waals surface area contributed by atoms with Crippen LogP contribution in [-0.2, 0) is 13.0 Å². The molecule has 0 atom stereocenters. The molecule has 0 aliphatic heterocycles. The van der Waals surface area contributed by atoms with Crippen LogP contribution in [-0.4, -0.2) is 24.5 Å². The summed E-state index contributed by atoms with van der Waals surface area (Å²) in [6.07, 6.45) is 3.27. The molecule has 0 saturated heterocycles. The zero-order chi connectivity index (χ0) is 22.1. The second-order valence-electron chi connectivity index (χ2n) is 7.79. The summed E-state index contributed by atoms with van der Waals surface area (Å²) < 4.78 is 9.07. The molecule has 0 saturated carbocycles. The van der Waals surface area contributed by atoms with Crippen LogP contribution in [0.2, 0.25) is 0 Å². The maximum absolute atomic E-state index is 13.2. The Balaban J connectivity index is 1.38. The van der Waals surface area contributed by atoms with Crippen LogP contribution in [0.3, 0.4) is 0 Å². The third kappa shape index (κ3) is 3.51. The summed E-state index contributed by atoms with van der Waals surface area (Å²) in [7, 11) is 0. The highest BCUT2D eigenvalue weighted by Gasteiger charge is 2.17. The SMILES string of the molecule is Cc1c2cnn(-c3ccccc3)c(=O)c2c(C)n1CCCc1nc(-c2ccccc2)no1. The Bertz CT molecular complexity index is 1430. The van der Waals surface area contributed by atoms with Crippen molar-refractivity contribution in [1.29, 1.82) is 0 Å². The van der Waals surface area contributed by atoms with E-state index in [9.17, 15) is 4.79 Å². The minimum atomic E-state index is -0.0996. The van der Waals surface area contributed by atoms with E-state index in [-0.39, 0.29) is 5.56 Å². The second-order valence-corrected chi connectivity index (χ2v) is 7.79. The van der Waals surface area contributed by atoms with Gasteiger partial charge in [-0.25, -0.2) is 0 Å². The van der Waals surface area contributed by atoms with E-state index >= 15 is 0 Å². The van der Waals surface area contributed by atoms with E-state index in [0.717, 1.165) is 41.0 Å². The van der Waals surface area contributed by atoms with E-state index in [1.165, 1.54) is 4.68 Å². The summed E-state index contributed by atoms with van der Waals surface area (Å²) in [6, 6.07) is 19.3. The third-order valence-corrected chi connectivity index (χ3v) is 5.81. The van der Waals surface area contributed by atoms with Crippen LogP contribution >= 0.6 is 0 Å². The van der Waals surface area contributed by atoms with Gasteiger partial charge >= 0.3 is 0 Å². The molecular formula is C25H23N5O2. The van der Waals surface area contributed by atoms with Gasteiger partial charge in [0.1, 0.15) is 0 Å². The normalized spacial score (nSPS) is 11.3. The van der Waals surface area contributed by atoms with Gasteiger partial charge in [0.05, 0.1) is 17.3 Å². The molecule has 32 heavy (non-hydrogen) atoms. The topological polar surface area (TPSA) is 78.7 Å². The fraction of sp³-hybridized carbons (Fsp3) is 0.200. The largest absolute Gasteiger partial charge is 0.348 e. The van der Waals surface area contributed by atoms with Gasteiger partial charge in [0, 0.05) is 35.3 Å². The van der Waals surface area contributed by atoms with Gasteiger partial charge in [-0.1, -0.05) is 53.7 Å². The average Bonchev–Trinajstić information content (AvgIpc) is 3.39. The molecule has 160 valence electrons. The van der Waals surface area contributed by atoms with E-state index < -0.39 is 0 Å². The third-order valence-electron chi connectivity index (χ3n) is 5.81. The first-order valence-electron chi connectivity index (χ1n) is 10.6. The van der Waals surface area contributed by atoms with Gasteiger partial charge in [-0.2, -0.15) is 14.8 Å². The lowest BCUT2D eigenvalue weighted by Gasteiger charge is -2.07. The minimum Gasteiger partial charge on any atom is -0.348 e. The number of hydrogen-bond donors (Lipinski definition) is 0. The predicted molar refractivity (Wildman–Crippen MR) is 123 cm³/mol. The summed E-state index contributed by atoms with van der Waals surface area (Å²) in [5.41, 5.74) is 3.59. The van der Waals surface area contributed by atoms with Crippen molar-refractivity contribution < 1.29 is 4.52 Å². The summed E-state index contributed by atoms with van der Waals surface area (Å²) in [5, 5.41) is 10.1. The average molecular weight is 425 g/mol. The Labute approximate surface area is 184 Å². The summed E-state index contributed by atoms with van der Waals surface area (Å²) >= 11 is 0. The molecule has 0 radical (unpaired) electrons. The van der Waals surface area contributed by atoms with Gasteiger partial charge in [-0.15, -0.1) is 0 Å². The Morgan fingerprint density at radius 2 is 1.66 bits per heavy atom. The van der Waals surface area contributed by atoms with Crippen molar-refractivity contribution in [2.75, 3.05) is 0 Å². The zero-order valence-electron chi connectivity index (χ0n) is 18.0. The number of fused-ring (bicyclic) bond motifs is 1. The molecule has 0 aliphatic rings. The number of rotatable bonds is 6. The quantitative estimate of drug-likeness (QED) is 0.401. The molecular weight excluding hydrogens is 402 g/mol. The summed E-state index contributed by atoms with van der Waals surface area (Å²) in [5.74, 6) is 1.22. The van der Waals surface area contributed by atoms with E-state index in [1.54, 1.807) is 6.20 Å². The zero-order valence-corrected chi connectivity index (χ0v) is 18.0. The predicted octanol–water partition coefficient (Wildman–Crippen LogP) is 4.49. The van der Waals surface area contributed by atoms with Crippen LogP contribution in [0.1, 0.15) is 23.7 Å². The lowest BCUT2D eigenvalue weighted by molar-refractivity contribution is 0.372. The smallest absolute Gasteiger partial charge is 0.281 e. The summed E-state index contributed by atoms with van der Waals surface area (Å²) in [4.78, 5) is 17.7. The Morgan fingerprint density at radius 1 is 0.938 bits per heavy atom. The monoisotopic (exact) mass is 425 g/mol. The van der Waals surface area contributed by atoms with Crippen LogP contribution < -0.4 is 5.56 Å². The lowest BCUT2D eigenvalue weighted by atomic mass is 10.2. The maximum Gasteiger partial charge on any atom is 0.281 e. The Kier molecular flexibility index (Phi) is 5.15. The first kappa shape index (κ1) is 19.9. The Hall–Kier alpha value is -4.00. The fourth-order valence-electron chi connectivity index (χ4n) is 4.15. The van der Waals surface area contributed by atoms with Gasteiger partial charge in [-0.3, -0.25) is 4.79 Å². The molecule has 0 fully saturated rings. The van der Waals surface area contributed by atoms with Crippen molar-refractivity contribution in [2.24, 2.45) is 0 Å². The van der Waals surface area contributed by atoms with Crippen LogP contribution in [0.5, 0.6) is 0 Å². The number of hydrogen-bond acceptors (Lipinski definition) is 5. The highest BCUT2D eigenvalue weighted by molar-refractivity contribution is 5.87. The van der Waals surface area contributed by atoms with Gasteiger partial charge in [0.15, 0.2) is 0 Å². The van der Waals surface area contributed by atoms with Gasteiger partial charge in [0.2, 0.25) is 11.7 Å². The first-order chi connectivity index (χ1) is 15.6.